The van der Waals surface area contributed by atoms with Gasteiger partial charge in [-0.3, -0.25) is 28.5 Å². The van der Waals surface area contributed by atoms with Gasteiger partial charge in [-0.1, -0.05) is 30.0 Å². The monoisotopic (exact) mass is 559 g/mol. The summed E-state index contributed by atoms with van der Waals surface area (Å²) in [5.41, 5.74) is 0.0918. The van der Waals surface area contributed by atoms with Crippen LogP contribution in [0.15, 0.2) is 34.1 Å². The van der Waals surface area contributed by atoms with Crippen molar-refractivity contribution in [1.29, 1.82) is 0 Å². The lowest BCUT2D eigenvalue weighted by Crippen LogP contribution is -2.57. The number of hydrogen-bond donors (Lipinski definition) is 1. The Balaban J connectivity index is 1.76. The molecule has 1 N–H and O–H groups in total. The van der Waals surface area contributed by atoms with Gasteiger partial charge in [-0.25, -0.2) is 4.98 Å². The van der Waals surface area contributed by atoms with Crippen molar-refractivity contribution in [2.45, 2.75) is 32.7 Å². The second-order valence-corrected chi connectivity index (χ2v) is 10.2. The van der Waals surface area contributed by atoms with Crippen LogP contribution in [0.25, 0.3) is 11.7 Å². The summed E-state index contributed by atoms with van der Waals surface area (Å²) in [5, 5.41) is 2.76. The van der Waals surface area contributed by atoms with E-state index in [1.54, 1.807) is 36.2 Å². The van der Waals surface area contributed by atoms with Crippen LogP contribution < -0.4 is 15.8 Å². The van der Waals surface area contributed by atoms with Crippen LogP contribution in [0.4, 0.5) is 5.82 Å². The highest BCUT2D eigenvalue weighted by molar-refractivity contribution is 8.26. The third kappa shape index (κ3) is 5.89. The molecular weight excluding hydrogens is 530 g/mol. The standard InChI is InChI=1S/C25H29N5O6S2/c1-3-35-13-7-11-30-24(34)18(38-25(30)37)14-16-21(27-19-8-5-6-10-29(19)23(16)33)28-12-9-26-22(32)17(28)15-20(31)36-4-2/h5-6,8,10,14,17H,3-4,7,9,11-13,15H2,1-2H3,(H,26,32)/b18-14+. The number of hydrogen-bond acceptors (Lipinski definition) is 10. The first-order valence-corrected chi connectivity index (χ1v) is 13.6. The number of carbonyl (C=O) groups is 3. The normalized spacial score (nSPS) is 18.9. The maximum Gasteiger partial charge on any atom is 0.308 e. The topological polar surface area (TPSA) is 123 Å². The Morgan fingerprint density at radius 1 is 1.26 bits per heavy atom. The minimum Gasteiger partial charge on any atom is -0.466 e. The number of thiocarbonyl (C=S) groups is 1. The number of piperazine rings is 1. The van der Waals surface area contributed by atoms with E-state index in [9.17, 15) is 19.2 Å². The number of pyridine rings is 1. The minimum atomic E-state index is -0.930. The van der Waals surface area contributed by atoms with Gasteiger partial charge < -0.3 is 19.7 Å². The first-order chi connectivity index (χ1) is 18.3. The van der Waals surface area contributed by atoms with Gasteiger partial charge >= 0.3 is 5.97 Å². The second kappa shape index (κ2) is 12.5. The molecule has 0 bridgehead atoms. The molecule has 2 aromatic heterocycles. The predicted molar refractivity (Wildman–Crippen MR) is 148 cm³/mol. The minimum absolute atomic E-state index is 0.132. The van der Waals surface area contributed by atoms with E-state index in [4.69, 9.17) is 26.7 Å². The van der Waals surface area contributed by atoms with Crippen LogP contribution in [-0.4, -0.2) is 81.9 Å². The molecule has 0 aromatic carbocycles. The van der Waals surface area contributed by atoms with Crippen molar-refractivity contribution >= 4 is 63.6 Å². The summed E-state index contributed by atoms with van der Waals surface area (Å²) in [5.74, 6) is -0.996. The number of thioether (sulfide) groups is 1. The lowest BCUT2D eigenvalue weighted by Gasteiger charge is -2.36. The van der Waals surface area contributed by atoms with E-state index in [-0.39, 0.29) is 41.1 Å². The molecule has 0 radical (unpaired) electrons. The smallest absolute Gasteiger partial charge is 0.308 e. The zero-order chi connectivity index (χ0) is 27.2. The Morgan fingerprint density at radius 2 is 2.08 bits per heavy atom. The molecule has 4 heterocycles. The number of ether oxygens (including phenoxy) is 2. The molecule has 202 valence electrons. The van der Waals surface area contributed by atoms with Crippen LogP contribution in [0, 0.1) is 0 Å². The molecular formula is C25H29N5O6S2. The number of nitrogens with one attached hydrogen (secondary N) is 1. The molecule has 1 atom stereocenters. The quantitative estimate of drug-likeness (QED) is 0.199. The average Bonchev–Trinajstić information content (AvgIpc) is 3.16. The summed E-state index contributed by atoms with van der Waals surface area (Å²) < 4.78 is 12.2. The van der Waals surface area contributed by atoms with Crippen molar-refractivity contribution in [2.24, 2.45) is 0 Å². The largest absolute Gasteiger partial charge is 0.466 e. The first kappa shape index (κ1) is 27.7. The van der Waals surface area contributed by atoms with Gasteiger partial charge in [-0.15, -0.1) is 0 Å². The van der Waals surface area contributed by atoms with Gasteiger partial charge in [-0.05, 0) is 38.5 Å². The van der Waals surface area contributed by atoms with E-state index in [0.29, 0.717) is 49.2 Å². The van der Waals surface area contributed by atoms with E-state index >= 15 is 0 Å². The number of fused-ring (bicyclic) bond motifs is 1. The van der Waals surface area contributed by atoms with E-state index < -0.39 is 17.6 Å². The third-order valence-electron chi connectivity index (χ3n) is 6.04. The fourth-order valence-corrected chi connectivity index (χ4v) is 5.57. The van der Waals surface area contributed by atoms with E-state index in [2.05, 4.69) is 5.32 Å². The van der Waals surface area contributed by atoms with Crippen LogP contribution in [0.5, 0.6) is 0 Å². The van der Waals surface area contributed by atoms with Gasteiger partial charge in [0.25, 0.3) is 11.5 Å². The molecule has 0 saturated carbocycles. The number of carbonyl (C=O) groups excluding carboxylic acids is 3. The van der Waals surface area contributed by atoms with Gasteiger partial charge in [0.15, 0.2) is 0 Å². The van der Waals surface area contributed by atoms with Crippen molar-refractivity contribution in [1.82, 2.24) is 19.6 Å². The van der Waals surface area contributed by atoms with Crippen LogP contribution in [0.2, 0.25) is 0 Å². The summed E-state index contributed by atoms with van der Waals surface area (Å²) in [6, 6.07) is 4.20. The molecule has 2 aliphatic rings. The highest BCUT2D eigenvalue weighted by Gasteiger charge is 2.36. The lowest BCUT2D eigenvalue weighted by molar-refractivity contribution is -0.145. The predicted octanol–water partition coefficient (Wildman–Crippen LogP) is 1.58. The number of esters is 1. The molecule has 13 heteroatoms. The van der Waals surface area contributed by atoms with E-state index in [1.165, 1.54) is 15.4 Å². The van der Waals surface area contributed by atoms with Gasteiger partial charge in [0.2, 0.25) is 5.91 Å². The molecule has 0 aliphatic carbocycles. The zero-order valence-corrected chi connectivity index (χ0v) is 22.8. The molecule has 1 unspecified atom stereocenters. The van der Waals surface area contributed by atoms with Gasteiger partial charge in [-0.2, -0.15) is 0 Å². The number of rotatable bonds is 10. The summed E-state index contributed by atoms with van der Waals surface area (Å²) in [7, 11) is 0. The van der Waals surface area contributed by atoms with Crippen LogP contribution in [0.3, 0.4) is 0 Å². The van der Waals surface area contributed by atoms with Crippen molar-refractivity contribution in [3.8, 4) is 0 Å². The van der Waals surface area contributed by atoms with Crippen molar-refractivity contribution in [2.75, 3.05) is 44.4 Å². The molecule has 2 aromatic rings. The first-order valence-electron chi connectivity index (χ1n) is 12.4. The number of aromatic nitrogens is 2. The molecule has 0 spiro atoms. The van der Waals surface area contributed by atoms with Crippen molar-refractivity contribution < 1.29 is 23.9 Å². The maximum atomic E-state index is 13.7. The Kier molecular flexibility index (Phi) is 9.13. The number of anilines is 1. The molecule has 2 aliphatic heterocycles. The maximum absolute atomic E-state index is 13.7. The lowest BCUT2D eigenvalue weighted by atomic mass is 10.1. The average molecular weight is 560 g/mol. The molecule has 2 fully saturated rings. The van der Waals surface area contributed by atoms with Crippen LogP contribution in [-0.2, 0) is 23.9 Å². The Morgan fingerprint density at radius 3 is 2.84 bits per heavy atom. The number of nitrogens with zero attached hydrogens (tertiary/aromatic N) is 4. The molecule has 2 saturated heterocycles. The summed E-state index contributed by atoms with van der Waals surface area (Å²) >= 11 is 6.54. The molecule has 11 nitrogen and oxygen atoms in total. The fraction of sp³-hybridized carbons (Fsp3) is 0.440. The van der Waals surface area contributed by atoms with Crippen LogP contribution >= 0.6 is 24.0 Å². The molecule has 38 heavy (non-hydrogen) atoms. The third-order valence-corrected chi connectivity index (χ3v) is 7.42. The Bertz CT molecular complexity index is 1340. The highest BCUT2D eigenvalue weighted by Crippen LogP contribution is 2.34. The summed E-state index contributed by atoms with van der Waals surface area (Å²) in [6.07, 6.45) is 3.48. The Hall–Kier alpha value is -3.29. The molecule has 2 amide bonds. The van der Waals surface area contributed by atoms with E-state index in [1.807, 2.05) is 6.92 Å². The highest BCUT2D eigenvalue weighted by atomic mass is 32.2. The second-order valence-electron chi connectivity index (χ2n) is 8.48. The van der Waals surface area contributed by atoms with Gasteiger partial charge in [0, 0.05) is 39.0 Å². The van der Waals surface area contributed by atoms with Crippen LogP contribution in [0.1, 0.15) is 32.3 Å². The van der Waals surface area contributed by atoms with Crippen molar-refractivity contribution in [3.63, 3.8) is 0 Å². The molecule has 4 rings (SSSR count). The fourth-order valence-electron chi connectivity index (χ4n) is 4.28. The zero-order valence-electron chi connectivity index (χ0n) is 21.2. The van der Waals surface area contributed by atoms with Gasteiger partial charge in [0.05, 0.1) is 23.5 Å². The summed E-state index contributed by atoms with van der Waals surface area (Å²) in [4.78, 5) is 60.2. The number of amides is 2. The SMILES string of the molecule is CCOCCCN1C(=O)/C(=C\c2c(N3CCNC(=O)C3CC(=O)OCC)nc3ccccn3c2=O)SC1=S. The van der Waals surface area contributed by atoms with Gasteiger partial charge in [0.1, 0.15) is 21.8 Å². The Labute approximate surface area is 229 Å². The van der Waals surface area contributed by atoms with Crippen molar-refractivity contribution in [3.05, 3.63) is 45.2 Å². The summed E-state index contributed by atoms with van der Waals surface area (Å²) in [6.45, 7) is 5.88. The van der Waals surface area contributed by atoms with E-state index in [0.717, 1.165) is 11.8 Å².